The van der Waals surface area contributed by atoms with E-state index in [4.69, 9.17) is 28.4 Å². The van der Waals surface area contributed by atoms with Crippen LogP contribution in [0.5, 0.6) is 5.75 Å². The monoisotopic (exact) mass is 492 g/mol. The van der Waals surface area contributed by atoms with Crippen LogP contribution < -0.4 is 4.74 Å². The minimum Gasteiger partial charge on any atom is -0.491 e. The first-order valence-corrected chi connectivity index (χ1v) is 11.9. The summed E-state index contributed by atoms with van der Waals surface area (Å²) < 4.78 is 65.2. The zero-order valence-corrected chi connectivity index (χ0v) is 20.1. The highest BCUT2D eigenvalue weighted by atomic mass is 32.3. The van der Waals surface area contributed by atoms with Crippen LogP contribution in [0, 0.1) is 0 Å². The summed E-state index contributed by atoms with van der Waals surface area (Å²) in [5, 5.41) is 0.494. The molecule has 0 saturated heterocycles. The van der Waals surface area contributed by atoms with Crippen molar-refractivity contribution in [2.75, 3.05) is 59.5 Å². The molecule has 0 unspecified atom stereocenters. The molecule has 0 fully saturated rings. The number of hydrogen-bond donors (Lipinski definition) is 0. The van der Waals surface area contributed by atoms with Crippen LogP contribution in [0.1, 0.15) is 26.3 Å². The van der Waals surface area contributed by atoms with Crippen LogP contribution in [0.25, 0.3) is 6.08 Å². The lowest BCUT2D eigenvalue weighted by atomic mass is 10.2. The van der Waals surface area contributed by atoms with E-state index >= 15 is 0 Å². The van der Waals surface area contributed by atoms with E-state index in [0.29, 0.717) is 69.6 Å². The van der Waals surface area contributed by atoms with Crippen LogP contribution in [0.3, 0.4) is 0 Å². The van der Waals surface area contributed by atoms with Crippen LogP contribution in [-0.4, -0.2) is 79.5 Å². The van der Waals surface area contributed by atoms with Crippen molar-refractivity contribution in [3.8, 4) is 5.75 Å². The first-order valence-electron chi connectivity index (χ1n) is 10.4. The molecule has 1 rings (SSSR count). The molecule has 0 heterocycles. The number of esters is 1. The standard InChI is InChI=1S/C22H33FO9S/c1-22(2,3)32-21(24)18-30-14-13-28-10-9-27-11-12-29-15-16-31-20-6-4-19(5-7-20)8-17-33(23,25)26/h4-8,17H,9-16,18H2,1-3H3/b17-8+. The van der Waals surface area contributed by atoms with Gasteiger partial charge in [0.15, 0.2) is 0 Å². The molecule has 188 valence electrons. The number of carbonyl (C=O) groups is 1. The fraction of sp³-hybridized carbons (Fsp3) is 0.591. The van der Waals surface area contributed by atoms with Gasteiger partial charge in [0.2, 0.25) is 0 Å². The summed E-state index contributed by atoms with van der Waals surface area (Å²) in [6, 6.07) is 6.52. The van der Waals surface area contributed by atoms with E-state index in [1.807, 2.05) is 0 Å². The fourth-order valence-corrected chi connectivity index (χ4v) is 2.56. The molecule has 1 aromatic carbocycles. The molecule has 0 amide bonds. The number of rotatable bonds is 17. The van der Waals surface area contributed by atoms with Crippen molar-refractivity contribution in [2.45, 2.75) is 26.4 Å². The van der Waals surface area contributed by atoms with Gasteiger partial charge in [0, 0.05) is 0 Å². The lowest BCUT2D eigenvalue weighted by molar-refractivity contribution is -0.160. The van der Waals surface area contributed by atoms with Crippen molar-refractivity contribution in [3.63, 3.8) is 0 Å². The molecule has 0 bridgehead atoms. The minimum absolute atomic E-state index is 0.103. The van der Waals surface area contributed by atoms with Crippen molar-refractivity contribution in [1.82, 2.24) is 0 Å². The molecule has 0 spiro atoms. The molecule has 11 heteroatoms. The molecular weight excluding hydrogens is 459 g/mol. The quantitative estimate of drug-likeness (QED) is 0.184. The molecule has 0 saturated carbocycles. The average Bonchev–Trinajstić information content (AvgIpc) is 2.71. The smallest absolute Gasteiger partial charge is 0.332 e. The average molecular weight is 493 g/mol. The van der Waals surface area contributed by atoms with Gasteiger partial charge >= 0.3 is 16.2 Å². The number of benzene rings is 1. The normalized spacial score (nSPS) is 12.2. The SMILES string of the molecule is CC(C)(C)OC(=O)COCCOCCOCCOCCOc1ccc(/C=C/S(=O)(=O)F)cc1. The van der Waals surface area contributed by atoms with Gasteiger partial charge in [-0.25, -0.2) is 4.79 Å². The molecule has 1 aromatic rings. The molecule has 0 aliphatic carbocycles. The van der Waals surface area contributed by atoms with Crippen molar-refractivity contribution in [2.24, 2.45) is 0 Å². The summed E-state index contributed by atoms with van der Waals surface area (Å²) in [7, 11) is -4.64. The second-order valence-electron chi connectivity index (χ2n) is 7.67. The van der Waals surface area contributed by atoms with Crippen molar-refractivity contribution in [1.29, 1.82) is 0 Å². The Morgan fingerprint density at radius 2 is 1.33 bits per heavy atom. The molecule has 0 aliphatic heterocycles. The van der Waals surface area contributed by atoms with Crippen LogP contribution in [0.2, 0.25) is 0 Å². The Kier molecular flexibility index (Phi) is 13.8. The third-order valence-corrected chi connectivity index (χ3v) is 4.02. The zero-order chi connectivity index (χ0) is 24.6. The van der Waals surface area contributed by atoms with E-state index in [0.717, 1.165) is 6.08 Å². The molecular formula is C22H33FO9S. The highest BCUT2D eigenvalue weighted by molar-refractivity contribution is 7.89. The molecule has 9 nitrogen and oxygen atoms in total. The largest absolute Gasteiger partial charge is 0.491 e. The second kappa shape index (κ2) is 15.7. The van der Waals surface area contributed by atoms with E-state index in [2.05, 4.69) is 0 Å². The van der Waals surface area contributed by atoms with Crippen molar-refractivity contribution >= 4 is 22.3 Å². The predicted octanol–water partition coefficient (Wildman–Crippen LogP) is 2.74. The van der Waals surface area contributed by atoms with E-state index < -0.39 is 21.8 Å². The lowest BCUT2D eigenvalue weighted by Crippen LogP contribution is -2.27. The van der Waals surface area contributed by atoms with Crippen LogP contribution in [-0.2, 0) is 38.7 Å². The molecule has 0 N–H and O–H groups in total. The van der Waals surface area contributed by atoms with Gasteiger partial charge in [-0.05, 0) is 44.5 Å². The predicted molar refractivity (Wildman–Crippen MR) is 120 cm³/mol. The van der Waals surface area contributed by atoms with Gasteiger partial charge in [-0.2, -0.15) is 8.42 Å². The Balaban J connectivity index is 1.91. The Labute approximate surface area is 195 Å². The first kappa shape index (κ1) is 29.0. The third kappa shape index (κ3) is 18.1. The summed E-state index contributed by atoms with van der Waals surface area (Å²) in [5.41, 5.74) is 0.0124. The minimum atomic E-state index is -4.64. The van der Waals surface area contributed by atoms with E-state index in [9.17, 15) is 17.1 Å². The Hall–Kier alpha value is -2.05. The van der Waals surface area contributed by atoms with Gasteiger partial charge in [0.1, 0.15) is 24.6 Å². The van der Waals surface area contributed by atoms with Crippen LogP contribution >= 0.6 is 0 Å². The van der Waals surface area contributed by atoms with Gasteiger partial charge in [-0.1, -0.05) is 12.1 Å². The van der Waals surface area contributed by atoms with Gasteiger partial charge < -0.3 is 28.4 Å². The Bertz CT molecular complexity index is 802. The maximum Gasteiger partial charge on any atom is 0.332 e. The molecule has 0 radical (unpaired) electrons. The maximum absolute atomic E-state index is 12.4. The second-order valence-corrected chi connectivity index (χ2v) is 8.90. The maximum atomic E-state index is 12.4. The van der Waals surface area contributed by atoms with Crippen LogP contribution in [0.15, 0.2) is 29.7 Å². The molecule has 0 aromatic heterocycles. The van der Waals surface area contributed by atoms with E-state index in [1.54, 1.807) is 45.0 Å². The lowest BCUT2D eigenvalue weighted by Gasteiger charge is -2.19. The molecule has 33 heavy (non-hydrogen) atoms. The van der Waals surface area contributed by atoms with E-state index in [-0.39, 0.29) is 6.61 Å². The number of carbonyl (C=O) groups excluding carboxylic acids is 1. The number of hydrogen-bond acceptors (Lipinski definition) is 9. The summed E-state index contributed by atoms with van der Waals surface area (Å²) >= 11 is 0. The van der Waals surface area contributed by atoms with Gasteiger partial charge in [-0.15, -0.1) is 3.89 Å². The molecule has 0 atom stereocenters. The van der Waals surface area contributed by atoms with Crippen molar-refractivity contribution in [3.05, 3.63) is 35.2 Å². The number of ether oxygens (including phenoxy) is 6. The summed E-state index contributed by atoms with van der Waals surface area (Å²) in [4.78, 5) is 11.4. The van der Waals surface area contributed by atoms with Gasteiger partial charge in [-0.3, -0.25) is 0 Å². The summed E-state index contributed by atoms with van der Waals surface area (Å²) in [5.74, 6) is 0.179. The van der Waals surface area contributed by atoms with E-state index in [1.165, 1.54) is 0 Å². The summed E-state index contributed by atoms with van der Waals surface area (Å²) in [6.07, 6.45) is 1.16. The first-order chi connectivity index (χ1) is 15.6. The van der Waals surface area contributed by atoms with Gasteiger partial charge in [0.05, 0.1) is 51.7 Å². The third-order valence-electron chi connectivity index (χ3n) is 3.56. The van der Waals surface area contributed by atoms with Crippen LogP contribution in [0.4, 0.5) is 3.89 Å². The highest BCUT2D eigenvalue weighted by Crippen LogP contribution is 2.14. The van der Waals surface area contributed by atoms with Crippen molar-refractivity contribution < 1.29 is 45.5 Å². The molecule has 0 aliphatic rings. The summed E-state index contributed by atoms with van der Waals surface area (Å²) in [6.45, 7) is 8.27. The van der Waals surface area contributed by atoms with Gasteiger partial charge in [0.25, 0.3) is 0 Å². The fourth-order valence-electron chi connectivity index (χ4n) is 2.24. The Morgan fingerprint density at radius 1 is 0.848 bits per heavy atom. The topological polar surface area (TPSA) is 107 Å². The Morgan fingerprint density at radius 3 is 1.82 bits per heavy atom. The zero-order valence-electron chi connectivity index (χ0n) is 19.3. The highest BCUT2D eigenvalue weighted by Gasteiger charge is 2.15. The number of halogens is 1.